The molecule has 1 amide bonds. The van der Waals surface area contributed by atoms with Crippen molar-refractivity contribution in [2.24, 2.45) is 11.5 Å². The molecule has 1 aliphatic rings. The van der Waals surface area contributed by atoms with Crippen LogP contribution in [0.1, 0.15) is 25.7 Å². The summed E-state index contributed by atoms with van der Waals surface area (Å²) in [5.74, 6) is -0.722. The van der Waals surface area contributed by atoms with Gasteiger partial charge in [-0.3, -0.25) is 4.79 Å². The van der Waals surface area contributed by atoms with Crippen molar-refractivity contribution in [1.29, 1.82) is 0 Å². The van der Waals surface area contributed by atoms with Crippen molar-refractivity contribution < 1.29 is 18.0 Å². The van der Waals surface area contributed by atoms with E-state index in [0.29, 0.717) is 24.9 Å². The molecule has 1 aliphatic heterocycles. The second-order valence-electron chi connectivity index (χ2n) is 6.48. The molecule has 2 rings (SSSR count). The van der Waals surface area contributed by atoms with E-state index in [0.717, 1.165) is 30.6 Å². The number of anilines is 1. The summed E-state index contributed by atoms with van der Waals surface area (Å²) in [6, 6.07) is 7.01. The summed E-state index contributed by atoms with van der Waals surface area (Å²) in [4.78, 5) is 15.5. The normalized spacial score (nSPS) is 17.0. The number of amides is 1. The van der Waals surface area contributed by atoms with Crippen LogP contribution in [0.2, 0.25) is 0 Å². The van der Waals surface area contributed by atoms with E-state index in [1.807, 2.05) is 12.3 Å². The standard InChI is InChI=1S/C19H25F3N4OS/c1-28-14-8-6-7-13(11-14)25-18(27)15(12-16(23)19(20,21)22)17(24)26-9-4-2-3-5-10-26/h6-8,11-12H,2-5,9-10,23-24H2,1H3,(H,25,27)/b16-12-,17-15-. The first kappa shape index (κ1) is 22.0. The predicted octanol–water partition coefficient (Wildman–Crippen LogP) is 3.80. The molecular weight excluding hydrogens is 389 g/mol. The van der Waals surface area contributed by atoms with Crippen LogP contribution in [0, 0.1) is 0 Å². The largest absolute Gasteiger partial charge is 0.430 e. The molecule has 1 saturated heterocycles. The van der Waals surface area contributed by atoms with E-state index in [-0.39, 0.29) is 11.4 Å². The number of thioether (sulfide) groups is 1. The first-order chi connectivity index (χ1) is 13.2. The molecule has 0 aromatic heterocycles. The molecule has 1 fully saturated rings. The van der Waals surface area contributed by atoms with Crippen LogP contribution in [-0.2, 0) is 4.79 Å². The topological polar surface area (TPSA) is 84.4 Å². The number of allylic oxidation sites excluding steroid dienone is 1. The highest BCUT2D eigenvalue weighted by Gasteiger charge is 2.33. The van der Waals surface area contributed by atoms with Crippen molar-refractivity contribution in [3.8, 4) is 0 Å². The molecule has 1 aromatic rings. The van der Waals surface area contributed by atoms with Crippen LogP contribution >= 0.6 is 11.8 Å². The Morgan fingerprint density at radius 2 is 1.82 bits per heavy atom. The Bertz CT molecular complexity index is 754. The zero-order valence-corrected chi connectivity index (χ0v) is 16.5. The number of alkyl halides is 3. The molecule has 1 aromatic carbocycles. The number of rotatable bonds is 5. The van der Waals surface area contributed by atoms with Gasteiger partial charge in [0.05, 0.1) is 5.57 Å². The number of benzene rings is 1. The minimum Gasteiger partial charge on any atom is -0.395 e. The summed E-state index contributed by atoms with van der Waals surface area (Å²) >= 11 is 1.49. The van der Waals surface area contributed by atoms with E-state index in [2.05, 4.69) is 5.32 Å². The van der Waals surface area contributed by atoms with Gasteiger partial charge < -0.3 is 21.7 Å². The minimum absolute atomic E-state index is 0.00706. The van der Waals surface area contributed by atoms with Gasteiger partial charge in [-0.25, -0.2) is 0 Å². The van der Waals surface area contributed by atoms with Gasteiger partial charge in [-0.2, -0.15) is 13.2 Å². The molecule has 28 heavy (non-hydrogen) atoms. The van der Waals surface area contributed by atoms with Crippen molar-refractivity contribution in [2.45, 2.75) is 36.8 Å². The lowest BCUT2D eigenvalue weighted by Crippen LogP contribution is -2.33. The highest BCUT2D eigenvalue weighted by Crippen LogP contribution is 2.25. The van der Waals surface area contributed by atoms with Crippen molar-refractivity contribution >= 4 is 23.4 Å². The van der Waals surface area contributed by atoms with E-state index in [9.17, 15) is 18.0 Å². The Morgan fingerprint density at radius 3 is 2.39 bits per heavy atom. The van der Waals surface area contributed by atoms with Crippen molar-refractivity contribution in [3.63, 3.8) is 0 Å². The lowest BCUT2D eigenvalue weighted by atomic mass is 10.1. The number of halogens is 3. The molecule has 0 radical (unpaired) electrons. The van der Waals surface area contributed by atoms with Crippen LogP contribution in [0.3, 0.4) is 0 Å². The summed E-state index contributed by atoms with van der Waals surface area (Å²) in [5, 5.41) is 2.62. The smallest absolute Gasteiger partial charge is 0.395 e. The molecule has 9 heteroatoms. The van der Waals surface area contributed by atoms with Crippen LogP contribution < -0.4 is 16.8 Å². The van der Waals surface area contributed by atoms with E-state index in [1.165, 1.54) is 11.8 Å². The average Bonchev–Trinajstić information content (AvgIpc) is 2.94. The fourth-order valence-corrected chi connectivity index (χ4v) is 3.33. The number of hydrogen-bond acceptors (Lipinski definition) is 5. The fourth-order valence-electron chi connectivity index (χ4n) is 2.87. The maximum Gasteiger partial charge on any atom is 0.430 e. The quantitative estimate of drug-likeness (QED) is 0.388. The number of nitrogens with one attached hydrogen (secondary N) is 1. The Hall–Kier alpha value is -2.29. The molecule has 0 bridgehead atoms. The first-order valence-corrected chi connectivity index (χ1v) is 10.2. The van der Waals surface area contributed by atoms with Crippen LogP contribution in [0.5, 0.6) is 0 Å². The maximum absolute atomic E-state index is 13.0. The SMILES string of the molecule is CSc1cccc(NC(=O)C(/C=C(\N)C(F)(F)F)=C(/N)N2CCCCCC2)c1. The Labute approximate surface area is 167 Å². The Balaban J connectivity index is 2.38. The molecule has 0 atom stereocenters. The summed E-state index contributed by atoms with van der Waals surface area (Å²) in [6.07, 6.45) is 1.53. The number of likely N-dealkylation sites (tertiary alicyclic amines) is 1. The molecule has 0 aliphatic carbocycles. The lowest BCUT2D eigenvalue weighted by molar-refractivity contribution is -0.112. The van der Waals surface area contributed by atoms with E-state index >= 15 is 0 Å². The highest BCUT2D eigenvalue weighted by atomic mass is 32.2. The maximum atomic E-state index is 13.0. The Morgan fingerprint density at radius 1 is 1.18 bits per heavy atom. The van der Waals surface area contributed by atoms with Crippen molar-refractivity contribution in [1.82, 2.24) is 4.90 Å². The average molecular weight is 414 g/mol. The summed E-state index contributed by atoms with van der Waals surface area (Å²) in [7, 11) is 0. The zero-order valence-electron chi connectivity index (χ0n) is 15.7. The van der Waals surface area contributed by atoms with Gasteiger partial charge in [0.1, 0.15) is 11.5 Å². The van der Waals surface area contributed by atoms with Crippen molar-refractivity contribution in [2.75, 3.05) is 24.7 Å². The van der Waals surface area contributed by atoms with Gasteiger partial charge in [0, 0.05) is 23.7 Å². The second kappa shape index (κ2) is 9.77. The van der Waals surface area contributed by atoms with Gasteiger partial charge in [-0.1, -0.05) is 18.9 Å². The third kappa shape index (κ3) is 6.12. The number of nitrogens with zero attached hydrogens (tertiary/aromatic N) is 1. The zero-order chi connectivity index (χ0) is 20.7. The predicted molar refractivity (Wildman–Crippen MR) is 106 cm³/mol. The number of hydrogen-bond donors (Lipinski definition) is 3. The monoisotopic (exact) mass is 414 g/mol. The van der Waals surface area contributed by atoms with E-state index in [1.54, 1.807) is 23.1 Å². The molecule has 0 unspecified atom stereocenters. The molecular formula is C19H25F3N4OS. The number of carbonyl (C=O) groups is 1. The number of nitrogens with two attached hydrogens (primary N) is 2. The Kier molecular flexibility index (Phi) is 7.68. The highest BCUT2D eigenvalue weighted by molar-refractivity contribution is 7.98. The van der Waals surface area contributed by atoms with Gasteiger partial charge in [0.25, 0.3) is 5.91 Å². The number of carbonyl (C=O) groups excluding carboxylic acids is 1. The van der Waals surface area contributed by atoms with Gasteiger partial charge in [0.15, 0.2) is 0 Å². The third-order valence-corrected chi connectivity index (χ3v) is 5.15. The van der Waals surface area contributed by atoms with Crippen LogP contribution in [-0.4, -0.2) is 36.3 Å². The molecule has 154 valence electrons. The van der Waals surface area contributed by atoms with Gasteiger partial charge in [0.2, 0.25) is 0 Å². The molecule has 0 saturated carbocycles. The lowest BCUT2D eigenvalue weighted by Gasteiger charge is -2.25. The summed E-state index contributed by atoms with van der Waals surface area (Å²) in [6.45, 7) is 1.18. The van der Waals surface area contributed by atoms with Crippen LogP contribution in [0.4, 0.5) is 18.9 Å². The van der Waals surface area contributed by atoms with Gasteiger partial charge in [-0.15, -0.1) is 11.8 Å². The molecule has 1 heterocycles. The van der Waals surface area contributed by atoms with E-state index in [4.69, 9.17) is 11.5 Å². The van der Waals surface area contributed by atoms with Crippen LogP contribution in [0.25, 0.3) is 0 Å². The third-order valence-electron chi connectivity index (χ3n) is 4.42. The van der Waals surface area contributed by atoms with Crippen LogP contribution in [0.15, 0.2) is 52.3 Å². The van der Waals surface area contributed by atoms with Gasteiger partial charge >= 0.3 is 6.18 Å². The minimum atomic E-state index is -4.75. The second-order valence-corrected chi connectivity index (χ2v) is 7.36. The first-order valence-electron chi connectivity index (χ1n) is 8.97. The van der Waals surface area contributed by atoms with Crippen molar-refractivity contribution in [3.05, 3.63) is 47.4 Å². The summed E-state index contributed by atoms with van der Waals surface area (Å²) < 4.78 is 38.9. The fraction of sp³-hybridized carbons (Fsp3) is 0.421. The molecule has 0 spiro atoms. The summed E-state index contributed by atoms with van der Waals surface area (Å²) in [5.41, 5.74) is 10.1. The van der Waals surface area contributed by atoms with Gasteiger partial charge in [-0.05, 0) is 43.4 Å². The van der Waals surface area contributed by atoms with E-state index < -0.39 is 17.8 Å². The molecule has 5 nitrogen and oxygen atoms in total. The molecule has 5 N–H and O–H groups in total.